The monoisotopic (exact) mass is 294 g/mol. The van der Waals surface area contributed by atoms with Crippen LogP contribution in [0.2, 0.25) is 0 Å². The summed E-state index contributed by atoms with van der Waals surface area (Å²) in [5.74, 6) is -0.953. The summed E-state index contributed by atoms with van der Waals surface area (Å²) in [6.07, 6.45) is 2.34. The smallest absolute Gasteiger partial charge is 0.335 e. The summed E-state index contributed by atoms with van der Waals surface area (Å²) < 4.78 is 5.50. The van der Waals surface area contributed by atoms with Crippen LogP contribution >= 0.6 is 12.2 Å². The van der Waals surface area contributed by atoms with Crippen LogP contribution in [0.1, 0.15) is 28.8 Å². The molecule has 1 aromatic rings. The summed E-state index contributed by atoms with van der Waals surface area (Å²) in [7, 11) is 0. The second-order valence-corrected chi connectivity index (χ2v) is 5.21. The van der Waals surface area contributed by atoms with Crippen molar-refractivity contribution in [3.05, 3.63) is 29.3 Å². The Kier molecular flexibility index (Phi) is 4.92. The second-order valence-electron chi connectivity index (χ2n) is 4.80. The van der Waals surface area contributed by atoms with Gasteiger partial charge in [0.1, 0.15) is 0 Å². The fraction of sp³-hybridized carbons (Fsp3) is 0.429. The van der Waals surface area contributed by atoms with E-state index in [4.69, 9.17) is 22.1 Å². The Morgan fingerprint density at radius 2 is 2.35 bits per heavy atom. The lowest BCUT2D eigenvalue weighted by molar-refractivity contribution is 0.0697. The maximum Gasteiger partial charge on any atom is 0.335 e. The Bertz CT molecular complexity index is 513. The van der Waals surface area contributed by atoms with Gasteiger partial charge in [-0.1, -0.05) is 6.07 Å². The number of hydrogen-bond donors (Lipinski definition) is 3. The summed E-state index contributed by atoms with van der Waals surface area (Å²) >= 11 is 5.21. The van der Waals surface area contributed by atoms with Crippen LogP contribution in [0.15, 0.2) is 18.2 Å². The highest BCUT2D eigenvalue weighted by Gasteiger charge is 2.15. The zero-order valence-electron chi connectivity index (χ0n) is 11.3. The molecule has 0 aromatic heterocycles. The van der Waals surface area contributed by atoms with E-state index >= 15 is 0 Å². The molecule has 2 rings (SSSR count). The highest BCUT2D eigenvalue weighted by Crippen LogP contribution is 2.17. The van der Waals surface area contributed by atoms with Crippen molar-refractivity contribution < 1.29 is 14.6 Å². The predicted octanol–water partition coefficient (Wildman–Crippen LogP) is 2.16. The van der Waals surface area contributed by atoms with E-state index in [9.17, 15) is 4.79 Å². The van der Waals surface area contributed by atoms with Crippen LogP contribution < -0.4 is 10.6 Å². The Morgan fingerprint density at radius 3 is 3.00 bits per heavy atom. The molecule has 0 radical (unpaired) electrons. The standard InChI is InChI=1S/C14H18N2O3S/c1-9-4-5-10(13(17)18)7-12(9)16-14(20)15-8-11-3-2-6-19-11/h4-5,7,11H,2-3,6,8H2,1H3,(H,17,18)(H2,15,16,20). The van der Waals surface area contributed by atoms with Crippen molar-refractivity contribution in [3.63, 3.8) is 0 Å². The zero-order chi connectivity index (χ0) is 14.5. The van der Waals surface area contributed by atoms with Crippen molar-refractivity contribution in [2.45, 2.75) is 25.9 Å². The van der Waals surface area contributed by atoms with E-state index < -0.39 is 5.97 Å². The number of hydrogen-bond acceptors (Lipinski definition) is 3. The van der Waals surface area contributed by atoms with E-state index in [1.165, 1.54) is 0 Å². The Labute approximate surface area is 123 Å². The normalized spacial score (nSPS) is 17.8. The maximum absolute atomic E-state index is 11.0. The summed E-state index contributed by atoms with van der Waals surface area (Å²) in [6.45, 7) is 3.38. The van der Waals surface area contributed by atoms with Gasteiger partial charge < -0.3 is 20.5 Å². The lowest BCUT2D eigenvalue weighted by Crippen LogP contribution is -2.35. The molecule has 5 nitrogen and oxygen atoms in total. The van der Waals surface area contributed by atoms with Gasteiger partial charge in [-0.15, -0.1) is 0 Å². The first kappa shape index (κ1) is 14.7. The summed E-state index contributed by atoms with van der Waals surface area (Å²) in [4.78, 5) is 11.0. The lowest BCUT2D eigenvalue weighted by atomic mass is 10.1. The zero-order valence-corrected chi connectivity index (χ0v) is 12.1. The minimum absolute atomic E-state index is 0.209. The van der Waals surface area contributed by atoms with E-state index in [0.717, 1.165) is 25.0 Å². The summed E-state index contributed by atoms with van der Waals surface area (Å²) in [5, 5.41) is 15.6. The van der Waals surface area contributed by atoms with Gasteiger partial charge in [0.25, 0.3) is 0 Å². The third-order valence-corrected chi connectivity index (χ3v) is 3.49. The van der Waals surface area contributed by atoms with E-state index in [0.29, 0.717) is 17.3 Å². The molecular weight excluding hydrogens is 276 g/mol. The van der Waals surface area contributed by atoms with Crippen molar-refractivity contribution in [1.29, 1.82) is 0 Å². The van der Waals surface area contributed by atoms with E-state index in [1.54, 1.807) is 18.2 Å². The number of ether oxygens (including phenoxy) is 1. The number of aryl methyl sites for hydroxylation is 1. The van der Waals surface area contributed by atoms with E-state index in [2.05, 4.69) is 10.6 Å². The van der Waals surface area contributed by atoms with Gasteiger partial charge in [0.2, 0.25) is 0 Å². The molecule has 1 aromatic carbocycles. The molecule has 1 atom stereocenters. The third kappa shape index (κ3) is 3.91. The van der Waals surface area contributed by atoms with Crippen molar-refractivity contribution in [2.75, 3.05) is 18.5 Å². The van der Waals surface area contributed by atoms with Gasteiger partial charge in [-0.2, -0.15) is 0 Å². The SMILES string of the molecule is Cc1ccc(C(=O)O)cc1NC(=S)NCC1CCCO1. The lowest BCUT2D eigenvalue weighted by Gasteiger charge is -2.15. The molecule has 1 fully saturated rings. The van der Waals surface area contributed by atoms with Gasteiger partial charge in [-0.25, -0.2) is 4.79 Å². The largest absolute Gasteiger partial charge is 0.478 e. The van der Waals surface area contributed by atoms with Crippen molar-refractivity contribution in [2.24, 2.45) is 0 Å². The van der Waals surface area contributed by atoms with Gasteiger partial charge in [0.15, 0.2) is 5.11 Å². The maximum atomic E-state index is 11.0. The summed E-state index contributed by atoms with van der Waals surface area (Å²) in [6, 6.07) is 4.91. The van der Waals surface area contributed by atoms with Crippen LogP contribution in [-0.4, -0.2) is 35.4 Å². The molecule has 1 aliphatic heterocycles. The van der Waals surface area contributed by atoms with Gasteiger partial charge in [-0.05, 0) is 49.7 Å². The minimum atomic E-state index is -0.953. The van der Waals surface area contributed by atoms with E-state index in [1.807, 2.05) is 6.92 Å². The molecule has 1 unspecified atom stereocenters. The number of thiocarbonyl (C=S) groups is 1. The molecule has 0 bridgehead atoms. The second kappa shape index (κ2) is 6.67. The molecule has 108 valence electrons. The molecule has 3 N–H and O–H groups in total. The first-order chi connectivity index (χ1) is 9.56. The molecule has 0 saturated carbocycles. The highest BCUT2D eigenvalue weighted by molar-refractivity contribution is 7.80. The molecule has 0 amide bonds. The molecule has 0 aliphatic carbocycles. The Morgan fingerprint density at radius 1 is 1.55 bits per heavy atom. The van der Waals surface area contributed by atoms with E-state index in [-0.39, 0.29) is 11.7 Å². The average Bonchev–Trinajstić information content (AvgIpc) is 2.92. The average molecular weight is 294 g/mol. The molecular formula is C14H18N2O3S. The Balaban J connectivity index is 1.92. The summed E-state index contributed by atoms with van der Waals surface area (Å²) in [5.41, 5.74) is 1.88. The fourth-order valence-electron chi connectivity index (χ4n) is 2.07. The fourth-order valence-corrected chi connectivity index (χ4v) is 2.26. The van der Waals surface area contributed by atoms with Crippen LogP contribution in [0.3, 0.4) is 0 Å². The third-order valence-electron chi connectivity index (χ3n) is 3.25. The molecule has 0 spiro atoms. The predicted molar refractivity (Wildman–Crippen MR) is 81.3 cm³/mol. The van der Waals surface area contributed by atoms with Gasteiger partial charge >= 0.3 is 5.97 Å². The van der Waals surface area contributed by atoms with Crippen LogP contribution in [0.25, 0.3) is 0 Å². The van der Waals surface area contributed by atoms with Gasteiger partial charge in [0.05, 0.1) is 11.7 Å². The quantitative estimate of drug-likeness (QED) is 0.739. The number of carbonyl (C=O) groups is 1. The number of benzene rings is 1. The Hall–Kier alpha value is -1.66. The van der Waals surface area contributed by atoms with Gasteiger partial charge in [-0.3, -0.25) is 0 Å². The van der Waals surface area contributed by atoms with Crippen LogP contribution in [0, 0.1) is 6.92 Å². The molecule has 1 heterocycles. The number of anilines is 1. The van der Waals surface area contributed by atoms with Gasteiger partial charge in [0, 0.05) is 18.8 Å². The van der Waals surface area contributed by atoms with Crippen LogP contribution in [0.5, 0.6) is 0 Å². The van der Waals surface area contributed by atoms with Crippen LogP contribution in [-0.2, 0) is 4.74 Å². The first-order valence-electron chi connectivity index (χ1n) is 6.56. The topological polar surface area (TPSA) is 70.6 Å². The number of nitrogens with one attached hydrogen (secondary N) is 2. The first-order valence-corrected chi connectivity index (χ1v) is 6.97. The highest BCUT2D eigenvalue weighted by atomic mass is 32.1. The number of carboxylic acid groups (broad SMARTS) is 1. The number of aromatic carboxylic acids is 1. The molecule has 20 heavy (non-hydrogen) atoms. The molecule has 6 heteroatoms. The number of carboxylic acids is 1. The van der Waals surface area contributed by atoms with Crippen LogP contribution in [0.4, 0.5) is 5.69 Å². The molecule has 1 saturated heterocycles. The van der Waals surface area contributed by atoms with Crippen molar-refractivity contribution in [1.82, 2.24) is 5.32 Å². The molecule has 1 aliphatic rings. The minimum Gasteiger partial charge on any atom is -0.478 e. The van der Waals surface area contributed by atoms with Crippen molar-refractivity contribution in [3.8, 4) is 0 Å². The van der Waals surface area contributed by atoms with Crippen molar-refractivity contribution >= 4 is 29.0 Å². The number of rotatable bonds is 4.